The molecule has 1 aliphatic heterocycles. The van der Waals surface area contributed by atoms with Gasteiger partial charge < -0.3 is 14.2 Å². The van der Waals surface area contributed by atoms with Crippen LogP contribution in [0.1, 0.15) is 40.5 Å². The molecule has 1 amide bonds. The highest BCUT2D eigenvalue weighted by molar-refractivity contribution is 7.99. The van der Waals surface area contributed by atoms with Gasteiger partial charge in [0, 0.05) is 32.7 Å². The Bertz CT molecular complexity index is 1120. The summed E-state index contributed by atoms with van der Waals surface area (Å²) < 4.78 is 34.3. The summed E-state index contributed by atoms with van der Waals surface area (Å²) in [5.74, 6) is -0.0737. The molecule has 2 heterocycles. The lowest BCUT2D eigenvalue weighted by Crippen LogP contribution is -2.41. The summed E-state index contributed by atoms with van der Waals surface area (Å²) >= 11 is 1.35. The van der Waals surface area contributed by atoms with Gasteiger partial charge in [0.25, 0.3) is 0 Å². The second-order valence-electron chi connectivity index (χ2n) is 8.07. The number of sulfonamides is 1. The number of hydrogen-bond acceptors (Lipinski definition) is 7. The number of rotatable bonds is 10. The second-order valence-corrected chi connectivity index (χ2v) is 11.0. The van der Waals surface area contributed by atoms with Crippen molar-refractivity contribution in [2.75, 3.05) is 38.5 Å². The van der Waals surface area contributed by atoms with E-state index in [1.165, 1.54) is 16.1 Å². The predicted octanol–water partition coefficient (Wildman–Crippen LogP) is 2.98. The minimum absolute atomic E-state index is 0.00631. The fourth-order valence-corrected chi connectivity index (χ4v) is 6.68. The predicted molar refractivity (Wildman–Crippen MR) is 132 cm³/mol. The maximum absolute atomic E-state index is 12.9. The molecule has 0 bridgehead atoms. The monoisotopic (exact) mass is 510 g/mol. The van der Waals surface area contributed by atoms with Crippen LogP contribution in [0.5, 0.6) is 0 Å². The fraction of sp³-hybridized carbons (Fsp3) is 0.609. The van der Waals surface area contributed by atoms with Crippen molar-refractivity contribution < 1.29 is 22.7 Å². The van der Waals surface area contributed by atoms with E-state index in [1.807, 2.05) is 25.3 Å². The number of amides is 1. The number of aryl methyl sites for hydroxylation is 1. The third-order valence-corrected chi connectivity index (χ3v) is 9.14. The molecule has 1 aliphatic rings. The van der Waals surface area contributed by atoms with E-state index in [4.69, 9.17) is 4.74 Å². The lowest BCUT2D eigenvalue weighted by atomic mass is 9.97. The largest absolute Gasteiger partial charge is 0.466 e. The summed E-state index contributed by atoms with van der Waals surface area (Å²) in [6.07, 6.45) is 1.24. The number of likely N-dealkylation sites (tertiary alicyclic amines) is 1. The van der Waals surface area contributed by atoms with E-state index >= 15 is 0 Å². The number of imidazole rings is 1. The summed E-state index contributed by atoms with van der Waals surface area (Å²) in [4.78, 5) is 31.4. The molecule has 11 heteroatoms. The number of thioether (sulfide) groups is 1. The number of piperidine rings is 1. The van der Waals surface area contributed by atoms with E-state index in [1.54, 1.807) is 30.0 Å². The van der Waals surface area contributed by atoms with E-state index in [2.05, 4.69) is 4.98 Å². The molecule has 0 aliphatic carbocycles. The number of fused-ring (bicyclic) bond motifs is 1. The first-order chi connectivity index (χ1) is 16.3. The topological polar surface area (TPSA) is 102 Å². The third kappa shape index (κ3) is 5.58. The van der Waals surface area contributed by atoms with Gasteiger partial charge in [0.15, 0.2) is 5.16 Å². The second kappa shape index (κ2) is 11.5. The third-order valence-electron chi connectivity index (χ3n) is 6.14. The fourth-order valence-electron chi connectivity index (χ4n) is 4.22. The normalized spacial score (nSPS) is 15.3. The molecular weight excluding hydrogens is 476 g/mol. The summed E-state index contributed by atoms with van der Waals surface area (Å²) in [5.41, 5.74) is 1.44. The molecule has 9 nitrogen and oxygen atoms in total. The molecular formula is C23H34N4O5S2. The molecule has 0 unspecified atom stereocenters. The molecule has 2 aromatic rings. The van der Waals surface area contributed by atoms with Crippen molar-refractivity contribution in [1.29, 1.82) is 0 Å². The lowest BCUT2D eigenvalue weighted by molar-refractivity contribution is -0.151. The van der Waals surface area contributed by atoms with Gasteiger partial charge in [0.2, 0.25) is 15.9 Å². The van der Waals surface area contributed by atoms with Gasteiger partial charge in [0.05, 0.1) is 34.2 Å². The number of ether oxygens (including phenoxy) is 1. The maximum atomic E-state index is 12.9. The van der Waals surface area contributed by atoms with Gasteiger partial charge in [-0.1, -0.05) is 25.6 Å². The average molecular weight is 511 g/mol. The van der Waals surface area contributed by atoms with Crippen LogP contribution in [-0.2, 0) is 30.9 Å². The number of esters is 1. The van der Waals surface area contributed by atoms with Crippen LogP contribution in [0.3, 0.4) is 0 Å². The van der Waals surface area contributed by atoms with Crippen molar-refractivity contribution in [3.8, 4) is 0 Å². The van der Waals surface area contributed by atoms with Crippen molar-refractivity contribution in [1.82, 2.24) is 18.8 Å². The number of benzene rings is 1. The molecule has 0 atom stereocenters. The Morgan fingerprint density at radius 1 is 1.15 bits per heavy atom. The molecule has 0 saturated carbocycles. The Labute approximate surface area is 205 Å². The Kier molecular flexibility index (Phi) is 9.00. The van der Waals surface area contributed by atoms with Crippen LogP contribution in [-0.4, -0.2) is 77.6 Å². The molecule has 1 fully saturated rings. The maximum Gasteiger partial charge on any atom is 0.309 e. The first-order valence-corrected chi connectivity index (χ1v) is 14.3. The number of hydrogen-bond donors (Lipinski definition) is 0. The van der Waals surface area contributed by atoms with Crippen LogP contribution < -0.4 is 0 Å². The Morgan fingerprint density at radius 2 is 1.82 bits per heavy atom. The van der Waals surface area contributed by atoms with Gasteiger partial charge in [-0.15, -0.1) is 0 Å². The zero-order valence-electron chi connectivity index (χ0n) is 20.3. The van der Waals surface area contributed by atoms with Crippen LogP contribution >= 0.6 is 11.8 Å². The Balaban J connectivity index is 1.70. The summed E-state index contributed by atoms with van der Waals surface area (Å²) in [5, 5.41) is 0.685. The zero-order chi connectivity index (χ0) is 24.9. The molecule has 34 heavy (non-hydrogen) atoms. The van der Waals surface area contributed by atoms with Gasteiger partial charge in [-0.05, 0) is 44.9 Å². The highest BCUT2D eigenvalue weighted by atomic mass is 32.2. The molecule has 1 saturated heterocycles. The molecule has 0 radical (unpaired) electrons. The van der Waals surface area contributed by atoms with Crippen molar-refractivity contribution >= 4 is 44.7 Å². The van der Waals surface area contributed by atoms with Gasteiger partial charge in [-0.2, -0.15) is 4.31 Å². The van der Waals surface area contributed by atoms with Gasteiger partial charge in [-0.3, -0.25) is 9.59 Å². The number of nitrogens with zero attached hydrogens (tertiary/aromatic N) is 4. The highest BCUT2D eigenvalue weighted by Crippen LogP contribution is 2.28. The first kappa shape index (κ1) is 26.5. The van der Waals surface area contributed by atoms with E-state index < -0.39 is 10.0 Å². The summed E-state index contributed by atoms with van der Waals surface area (Å²) in [6.45, 7) is 10.3. The van der Waals surface area contributed by atoms with Crippen LogP contribution in [0, 0.1) is 5.92 Å². The van der Waals surface area contributed by atoms with E-state index in [9.17, 15) is 18.0 Å². The van der Waals surface area contributed by atoms with E-state index in [0.717, 1.165) is 5.52 Å². The van der Waals surface area contributed by atoms with Gasteiger partial charge >= 0.3 is 5.97 Å². The van der Waals surface area contributed by atoms with Crippen molar-refractivity contribution in [3.05, 3.63) is 18.2 Å². The Hall–Kier alpha value is -2.11. The standard InChI is InChI=1S/C23H34N4O5S2/c1-5-26(6-2)34(30,31)18-9-10-20-19(15-18)24-23(27(20)7-3)33-16-21(28)25-13-11-17(12-14-25)22(29)32-8-4/h9-10,15,17H,5-8,11-14,16H2,1-4H3. The summed E-state index contributed by atoms with van der Waals surface area (Å²) in [6, 6.07) is 5.02. The zero-order valence-corrected chi connectivity index (χ0v) is 22.0. The smallest absolute Gasteiger partial charge is 0.309 e. The quantitative estimate of drug-likeness (QED) is 0.358. The lowest BCUT2D eigenvalue weighted by Gasteiger charge is -2.30. The molecule has 1 aromatic heterocycles. The van der Waals surface area contributed by atoms with Crippen LogP contribution in [0.25, 0.3) is 11.0 Å². The van der Waals surface area contributed by atoms with Gasteiger partial charge in [-0.25, -0.2) is 13.4 Å². The van der Waals surface area contributed by atoms with Crippen molar-refractivity contribution in [3.63, 3.8) is 0 Å². The van der Waals surface area contributed by atoms with Gasteiger partial charge in [0.1, 0.15) is 0 Å². The van der Waals surface area contributed by atoms with Crippen LogP contribution in [0.15, 0.2) is 28.3 Å². The van der Waals surface area contributed by atoms with E-state index in [-0.39, 0.29) is 28.4 Å². The molecule has 1 aromatic carbocycles. The minimum atomic E-state index is -3.57. The van der Waals surface area contributed by atoms with E-state index in [0.29, 0.717) is 62.8 Å². The van der Waals surface area contributed by atoms with Crippen LogP contribution in [0.4, 0.5) is 0 Å². The first-order valence-electron chi connectivity index (χ1n) is 11.8. The highest BCUT2D eigenvalue weighted by Gasteiger charge is 2.28. The molecule has 0 N–H and O–H groups in total. The Morgan fingerprint density at radius 3 is 2.41 bits per heavy atom. The summed E-state index contributed by atoms with van der Waals surface area (Å²) in [7, 11) is -3.57. The van der Waals surface area contributed by atoms with Crippen molar-refractivity contribution in [2.45, 2.75) is 57.1 Å². The average Bonchev–Trinajstić information content (AvgIpc) is 3.20. The minimum Gasteiger partial charge on any atom is -0.466 e. The molecule has 188 valence electrons. The molecule has 3 rings (SSSR count). The van der Waals surface area contributed by atoms with Crippen molar-refractivity contribution in [2.24, 2.45) is 5.92 Å². The SMILES string of the molecule is CCOC(=O)C1CCN(C(=O)CSc2nc3cc(S(=O)(=O)N(CC)CC)ccc3n2CC)CC1. The number of carbonyl (C=O) groups excluding carboxylic acids is 2. The molecule has 0 spiro atoms. The van der Waals surface area contributed by atoms with Crippen LogP contribution in [0.2, 0.25) is 0 Å². The number of carbonyl (C=O) groups is 2. The number of aromatic nitrogens is 2.